The molecule has 0 saturated heterocycles. The maximum Gasteiger partial charge on any atom is 0.117 e. The van der Waals surface area contributed by atoms with Gasteiger partial charge in [-0.25, -0.2) is 0 Å². The summed E-state index contributed by atoms with van der Waals surface area (Å²) in [6, 6.07) is 6.89. The van der Waals surface area contributed by atoms with E-state index in [4.69, 9.17) is 10.4 Å². The number of rotatable bonds is 1. The molecule has 0 bridgehead atoms. The predicted molar refractivity (Wildman–Crippen MR) is 54.1 cm³/mol. The Labute approximate surface area is 84.5 Å². The van der Waals surface area contributed by atoms with Crippen LogP contribution in [0.3, 0.4) is 0 Å². The first-order valence-electron chi connectivity index (χ1n) is 4.01. The van der Waals surface area contributed by atoms with Gasteiger partial charge in [-0.3, -0.25) is 0 Å². The van der Waals surface area contributed by atoms with Gasteiger partial charge in [0, 0.05) is 15.0 Å². The van der Waals surface area contributed by atoms with Crippen LogP contribution >= 0.6 is 11.3 Å². The number of hydrogen-bond acceptors (Lipinski definition) is 4. The van der Waals surface area contributed by atoms with E-state index in [0.717, 1.165) is 10.1 Å². The number of thiophene rings is 1. The van der Waals surface area contributed by atoms with Gasteiger partial charge in [0.1, 0.15) is 11.8 Å². The average molecular weight is 205 g/mol. The van der Waals surface area contributed by atoms with Crippen molar-refractivity contribution in [2.75, 3.05) is 0 Å². The zero-order valence-electron chi connectivity index (χ0n) is 7.19. The minimum absolute atomic E-state index is 0.136. The molecule has 0 aliphatic rings. The Bertz CT molecular complexity index is 525. The van der Waals surface area contributed by atoms with E-state index in [-0.39, 0.29) is 12.4 Å². The molecule has 3 nitrogen and oxygen atoms in total. The Hall–Kier alpha value is -1.57. The van der Waals surface area contributed by atoms with Crippen molar-refractivity contribution in [2.24, 2.45) is 0 Å². The third kappa shape index (κ3) is 1.23. The quantitative estimate of drug-likeness (QED) is 0.748. The Balaban J connectivity index is 2.81. The third-order valence-electron chi connectivity index (χ3n) is 2.00. The molecular formula is C10H7NO2S. The molecule has 0 aliphatic carbocycles. The van der Waals surface area contributed by atoms with Crippen LogP contribution < -0.4 is 0 Å². The minimum atomic E-state index is -0.136. The summed E-state index contributed by atoms with van der Waals surface area (Å²) < 4.78 is 0.825. The Morgan fingerprint density at radius 3 is 2.86 bits per heavy atom. The van der Waals surface area contributed by atoms with Crippen LogP contribution in [0.5, 0.6) is 5.75 Å². The van der Waals surface area contributed by atoms with Crippen molar-refractivity contribution in [1.29, 1.82) is 5.26 Å². The number of benzene rings is 1. The van der Waals surface area contributed by atoms with Crippen LogP contribution in [0.4, 0.5) is 0 Å². The first-order valence-corrected chi connectivity index (χ1v) is 4.83. The predicted octanol–water partition coefficient (Wildman–Crippen LogP) is 1.97. The molecule has 1 aromatic heterocycles. The number of fused-ring (bicyclic) bond motifs is 1. The Kier molecular flexibility index (Phi) is 2.12. The summed E-state index contributed by atoms with van der Waals surface area (Å²) in [6.07, 6.45) is 0. The molecule has 0 atom stereocenters. The van der Waals surface area contributed by atoms with Crippen LogP contribution in [0.1, 0.15) is 10.4 Å². The third-order valence-corrected chi connectivity index (χ3v) is 3.14. The highest BCUT2D eigenvalue weighted by Gasteiger charge is 2.10. The highest BCUT2D eigenvalue weighted by Crippen LogP contribution is 2.32. The lowest BCUT2D eigenvalue weighted by atomic mass is 10.1. The fraction of sp³-hybridized carbons (Fsp3) is 0.100. The summed E-state index contributed by atoms with van der Waals surface area (Å²) in [5, 5.41) is 27.9. The molecule has 1 aromatic carbocycles. The second-order valence-electron chi connectivity index (χ2n) is 2.85. The normalized spacial score (nSPS) is 10.3. The molecule has 2 rings (SSSR count). The summed E-state index contributed by atoms with van der Waals surface area (Å²) in [5.74, 6) is 0.174. The number of nitriles is 1. The second-order valence-corrected chi connectivity index (χ2v) is 3.99. The van der Waals surface area contributed by atoms with Gasteiger partial charge in [0.15, 0.2) is 0 Å². The van der Waals surface area contributed by atoms with Gasteiger partial charge < -0.3 is 10.2 Å². The molecule has 4 heteroatoms. The van der Waals surface area contributed by atoms with Crippen LogP contribution in [-0.4, -0.2) is 10.2 Å². The maximum atomic E-state index is 9.24. The largest absolute Gasteiger partial charge is 0.508 e. The number of aliphatic hydroxyl groups is 1. The van der Waals surface area contributed by atoms with Crippen LogP contribution in [-0.2, 0) is 6.61 Å². The topological polar surface area (TPSA) is 64.2 Å². The van der Waals surface area contributed by atoms with Crippen molar-refractivity contribution in [1.82, 2.24) is 0 Å². The molecule has 14 heavy (non-hydrogen) atoms. The molecule has 0 fully saturated rings. The molecule has 0 unspecified atom stereocenters. The minimum Gasteiger partial charge on any atom is -0.508 e. The number of aliphatic hydroxyl groups excluding tert-OH is 1. The van der Waals surface area contributed by atoms with Gasteiger partial charge in [-0.05, 0) is 18.2 Å². The van der Waals surface area contributed by atoms with Gasteiger partial charge in [-0.1, -0.05) is 0 Å². The van der Waals surface area contributed by atoms with E-state index < -0.39 is 0 Å². The lowest BCUT2D eigenvalue weighted by Gasteiger charge is -1.91. The number of aromatic hydroxyl groups is 1. The monoisotopic (exact) mass is 205 g/mol. The van der Waals surface area contributed by atoms with Gasteiger partial charge >= 0.3 is 0 Å². The molecule has 0 radical (unpaired) electrons. The van der Waals surface area contributed by atoms with E-state index in [1.165, 1.54) is 17.4 Å². The van der Waals surface area contributed by atoms with Gasteiger partial charge in [-0.2, -0.15) is 5.26 Å². The number of hydrogen-bond donors (Lipinski definition) is 2. The Morgan fingerprint density at radius 1 is 1.43 bits per heavy atom. The van der Waals surface area contributed by atoms with E-state index in [2.05, 4.69) is 6.07 Å². The lowest BCUT2D eigenvalue weighted by Crippen LogP contribution is -1.80. The van der Waals surface area contributed by atoms with E-state index >= 15 is 0 Å². The fourth-order valence-electron chi connectivity index (χ4n) is 1.37. The van der Waals surface area contributed by atoms with Crippen molar-refractivity contribution in [2.45, 2.75) is 6.61 Å². The summed E-state index contributed by atoms with van der Waals surface area (Å²) in [5.41, 5.74) is 0.507. The van der Waals surface area contributed by atoms with Crippen molar-refractivity contribution in [3.05, 3.63) is 28.6 Å². The standard InChI is InChI=1S/C10H7NO2S/c11-4-8-7-2-1-6(13)3-9(7)14-10(8)5-12/h1-3,12-13H,5H2. The van der Waals surface area contributed by atoms with Crippen molar-refractivity contribution in [3.63, 3.8) is 0 Å². The molecule has 2 N–H and O–H groups in total. The second kappa shape index (κ2) is 3.29. The van der Waals surface area contributed by atoms with Crippen molar-refractivity contribution in [3.8, 4) is 11.8 Å². The molecule has 2 aromatic rings. The molecule has 70 valence electrons. The van der Waals surface area contributed by atoms with Crippen LogP contribution in [0, 0.1) is 11.3 Å². The van der Waals surface area contributed by atoms with E-state index in [1.54, 1.807) is 12.1 Å². The molecule has 0 saturated carbocycles. The lowest BCUT2D eigenvalue weighted by molar-refractivity contribution is 0.285. The maximum absolute atomic E-state index is 9.24. The highest BCUT2D eigenvalue weighted by atomic mass is 32.1. The van der Waals surface area contributed by atoms with Gasteiger partial charge in [0.05, 0.1) is 12.2 Å². The van der Waals surface area contributed by atoms with Gasteiger partial charge in [0.2, 0.25) is 0 Å². The summed E-state index contributed by atoms with van der Waals surface area (Å²) in [4.78, 5) is 0.646. The van der Waals surface area contributed by atoms with Crippen molar-refractivity contribution >= 4 is 21.4 Å². The number of phenols is 1. The van der Waals surface area contributed by atoms with Crippen LogP contribution in [0.25, 0.3) is 10.1 Å². The molecular weight excluding hydrogens is 198 g/mol. The summed E-state index contributed by atoms with van der Waals surface area (Å²) in [6.45, 7) is -0.136. The van der Waals surface area contributed by atoms with Crippen LogP contribution in [0.15, 0.2) is 18.2 Å². The first-order chi connectivity index (χ1) is 6.76. The SMILES string of the molecule is N#Cc1c(CO)sc2cc(O)ccc12. The van der Waals surface area contributed by atoms with Crippen LogP contribution in [0.2, 0.25) is 0 Å². The van der Waals surface area contributed by atoms with E-state index in [1.807, 2.05) is 0 Å². The number of phenolic OH excluding ortho intramolecular Hbond substituents is 1. The summed E-state index contributed by atoms with van der Waals surface area (Å²) >= 11 is 1.33. The fourth-order valence-corrected chi connectivity index (χ4v) is 2.42. The highest BCUT2D eigenvalue weighted by molar-refractivity contribution is 7.19. The zero-order valence-corrected chi connectivity index (χ0v) is 8.01. The van der Waals surface area contributed by atoms with E-state index in [9.17, 15) is 5.11 Å². The zero-order chi connectivity index (χ0) is 10.1. The smallest absolute Gasteiger partial charge is 0.117 e. The molecule has 0 spiro atoms. The van der Waals surface area contributed by atoms with E-state index in [0.29, 0.717) is 10.4 Å². The number of nitrogens with zero attached hydrogens (tertiary/aromatic N) is 1. The first kappa shape index (κ1) is 9.00. The Morgan fingerprint density at radius 2 is 2.21 bits per heavy atom. The average Bonchev–Trinajstić information content (AvgIpc) is 2.54. The van der Waals surface area contributed by atoms with Gasteiger partial charge in [-0.15, -0.1) is 11.3 Å². The summed E-state index contributed by atoms with van der Waals surface area (Å²) in [7, 11) is 0. The van der Waals surface area contributed by atoms with Crippen molar-refractivity contribution < 1.29 is 10.2 Å². The molecule has 0 aliphatic heterocycles. The van der Waals surface area contributed by atoms with Gasteiger partial charge in [0.25, 0.3) is 0 Å². The molecule has 0 amide bonds. The molecule has 1 heterocycles.